The van der Waals surface area contributed by atoms with E-state index in [1.165, 1.54) is 12.1 Å². The molecule has 20 heavy (non-hydrogen) atoms. The van der Waals surface area contributed by atoms with Crippen molar-refractivity contribution in [1.29, 1.82) is 0 Å². The zero-order valence-electron chi connectivity index (χ0n) is 11.0. The fourth-order valence-electron chi connectivity index (χ4n) is 2.64. The second-order valence-electron chi connectivity index (χ2n) is 4.87. The maximum Gasteiger partial charge on any atom is 0.131 e. The molecule has 3 nitrogen and oxygen atoms in total. The molecule has 1 atom stereocenters. The molecule has 3 rings (SSSR count). The summed E-state index contributed by atoms with van der Waals surface area (Å²) in [4.78, 5) is 2.14. The fourth-order valence-corrected chi connectivity index (χ4v) is 2.64. The molecule has 0 amide bonds. The summed E-state index contributed by atoms with van der Waals surface area (Å²) in [6.45, 7) is 3.28. The molecule has 1 N–H and O–H groups in total. The largest absolute Gasteiger partial charge is 0.467 e. The van der Waals surface area contributed by atoms with Gasteiger partial charge < -0.3 is 9.73 Å². The Bertz CT molecular complexity index is 565. The molecule has 1 aromatic heterocycles. The average molecular weight is 278 g/mol. The summed E-state index contributed by atoms with van der Waals surface area (Å²) in [5.74, 6) is -0.424. The van der Waals surface area contributed by atoms with Gasteiger partial charge in [0.2, 0.25) is 0 Å². The van der Waals surface area contributed by atoms with E-state index in [9.17, 15) is 8.78 Å². The van der Waals surface area contributed by atoms with Gasteiger partial charge in [0.25, 0.3) is 0 Å². The van der Waals surface area contributed by atoms with Crippen molar-refractivity contribution in [3.63, 3.8) is 0 Å². The number of nitrogens with one attached hydrogen (secondary N) is 1. The second-order valence-corrected chi connectivity index (χ2v) is 4.87. The van der Waals surface area contributed by atoms with Crippen molar-refractivity contribution in [3.05, 3.63) is 59.6 Å². The monoisotopic (exact) mass is 278 g/mol. The van der Waals surface area contributed by atoms with Crippen LogP contribution in [0.3, 0.4) is 0 Å². The van der Waals surface area contributed by atoms with Crippen LogP contribution in [0.15, 0.2) is 41.0 Å². The minimum atomic E-state index is -0.565. The molecule has 0 unspecified atom stereocenters. The Balaban J connectivity index is 2.00. The van der Waals surface area contributed by atoms with Crippen LogP contribution in [0.2, 0.25) is 0 Å². The number of halogens is 2. The number of rotatable bonds is 3. The van der Waals surface area contributed by atoms with Crippen molar-refractivity contribution < 1.29 is 13.2 Å². The van der Waals surface area contributed by atoms with Gasteiger partial charge in [-0.05, 0) is 18.2 Å². The van der Waals surface area contributed by atoms with E-state index in [4.69, 9.17) is 4.42 Å². The van der Waals surface area contributed by atoms with Crippen LogP contribution in [-0.4, -0.2) is 31.1 Å². The molecule has 1 aliphatic rings. The van der Waals surface area contributed by atoms with E-state index in [1.807, 2.05) is 6.07 Å². The predicted molar refractivity (Wildman–Crippen MR) is 71.4 cm³/mol. The van der Waals surface area contributed by atoms with Gasteiger partial charge >= 0.3 is 0 Å². The lowest BCUT2D eigenvalue weighted by Crippen LogP contribution is -2.45. The number of piperazine rings is 1. The SMILES string of the molecule is Fc1ccc([C@@H](c2ccco2)N2CCNCC2)c(F)c1. The molecule has 2 heterocycles. The maximum absolute atomic E-state index is 14.1. The summed E-state index contributed by atoms with van der Waals surface area (Å²) in [6, 6.07) is 7.01. The quantitative estimate of drug-likeness (QED) is 0.935. The summed E-state index contributed by atoms with van der Waals surface area (Å²) >= 11 is 0. The van der Waals surface area contributed by atoms with E-state index in [2.05, 4.69) is 10.2 Å². The molecular weight excluding hydrogens is 262 g/mol. The lowest BCUT2D eigenvalue weighted by Gasteiger charge is -2.34. The van der Waals surface area contributed by atoms with Crippen molar-refractivity contribution in [1.82, 2.24) is 10.2 Å². The van der Waals surface area contributed by atoms with Gasteiger partial charge in [-0.3, -0.25) is 4.90 Å². The van der Waals surface area contributed by atoms with Crippen LogP contribution in [0.5, 0.6) is 0 Å². The Labute approximate surface area is 116 Å². The minimum absolute atomic E-state index is 0.312. The molecule has 1 saturated heterocycles. The Hall–Kier alpha value is -1.72. The highest BCUT2D eigenvalue weighted by molar-refractivity contribution is 5.29. The average Bonchev–Trinajstić information content (AvgIpc) is 2.97. The molecule has 0 saturated carbocycles. The molecular formula is C15H16F2N2O. The molecule has 1 aliphatic heterocycles. The highest BCUT2D eigenvalue weighted by atomic mass is 19.1. The van der Waals surface area contributed by atoms with Crippen molar-refractivity contribution in [2.24, 2.45) is 0 Å². The van der Waals surface area contributed by atoms with E-state index in [-0.39, 0.29) is 6.04 Å². The van der Waals surface area contributed by atoms with Crippen LogP contribution in [0.1, 0.15) is 17.4 Å². The standard InChI is InChI=1S/C15H16F2N2O/c16-11-3-4-12(13(17)10-11)15(14-2-1-9-20-14)19-7-5-18-6-8-19/h1-4,9-10,15,18H,5-8H2/t15-/m0/s1. The van der Waals surface area contributed by atoms with Gasteiger partial charge in [0.1, 0.15) is 17.4 Å². The summed E-state index contributed by atoms with van der Waals surface area (Å²) in [5.41, 5.74) is 0.447. The molecule has 1 fully saturated rings. The van der Waals surface area contributed by atoms with Gasteiger partial charge in [-0.25, -0.2) is 8.78 Å². The van der Waals surface area contributed by atoms with E-state index >= 15 is 0 Å². The highest BCUT2D eigenvalue weighted by Crippen LogP contribution is 2.31. The zero-order valence-corrected chi connectivity index (χ0v) is 11.0. The molecule has 1 aromatic carbocycles. The Kier molecular flexibility index (Phi) is 3.80. The number of nitrogens with zero attached hydrogens (tertiary/aromatic N) is 1. The van der Waals surface area contributed by atoms with E-state index in [0.717, 1.165) is 32.2 Å². The predicted octanol–water partition coefficient (Wildman–Crippen LogP) is 2.55. The molecule has 0 radical (unpaired) electrons. The number of furan rings is 1. The van der Waals surface area contributed by atoms with Gasteiger partial charge in [0.05, 0.1) is 12.3 Å². The zero-order chi connectivity index (χ0) is 13.9. The van der Waals surface area contributed by atoms with Gasteiger partial charge in [-0.15, -0.1) is 0 Å². The number of hydrogen-bond donors (Lipinski definition) is 1. The summed E-state index contributed by atoms with van der Waals surface area (Å²) < 4.78 is 32.7. The molecule has 5 heteroatoms. The van der Waals surface area contributed by atoms with Crippen LogP contribution in [0, 0.1) is 11.6 Å². The first-order valence-corrected chi connectivity index (χ1v) is 6.69. The summed E-state index contributed by atoms with van der Waals surface area (Å²) in [6.07, 6.45) is 1.58. The smallest absolute Gasteiger partial charge is 0.131 e. The normalized spacial score (nSPS) is 18.1. The lowest BCUT2D eigenvalue weighted by molar-refractivity contribution is 0.177. The van der Waals surface area contributed by atoms with Crippen molar-refractivity contribution in [2.75, 3.05) is 26.2 Å². The van der Waals surface area contributed by atoms with Crippen LogP contribution < -0.4 is 5.32 Å². The molecule has 0 spiro atoms. The molecule has 2 aromatic rings. The van der Waals surface area contributed by atoms with Crippen molar-refractivity contribution in [2.45, 2.75) is 6.04 Å². The first-order chi connectivity index (χ1) is 9.75. The van der Waals surface area contributed by atoms with Crippen LogP contribution in [-0.2, 0) is 0 Å². The first kappa shape index (κ1) is 13.3. The Morgan fingerprint density at radius 1 is 1.15 bits per heavy atom. The van der Waals surface area contributed by atoms with Crippen molar-refractivity contribution >= 4 is 0 Å². The Morgan fingerprint density at radius 2 is 1.95 bits per heavy atom. The van der Waals surface area contributed by atoms with Gasteiger partial charge in [-0.2, -0.15) is 0 Å². The lowest BCUT2D eigenvalue weighted by atomic mass is 10.0. The summed E-state index contributed by atoms with van der Waals surface area (Å²) in [5, 5.41) is 3.26. The molecule has 0 bridgehead atoms. The Morgan fingerprint density at radius 3 is 2.60 bits per heavy atom. The summed E-state index contributed by atoms with van der Waals surface area (Å²) in [7, 11) is 0. The van der Waals surface area contributed by atoms with Gasteiger partial charge in [0.15, 0.2) is 0 Å². The van der Waals surface area contributed by atoms with Gasteiger partial charge in [0, 0.05) is 37.8 Å². The van der Waals surface area contributed by atoms with E-state index in [0.29, 0.717) is 11.3 Å². The number of benzene rings is 1. The highest BCUT2D eigenvalue weighted by Gasteiger charge is 2.28. The number of hydrogen-bond acceptors (Lipinski definition) is 3. The van der Waals surface area contributed by atoms with Crippen LogP contribution in [0.4, 0.5) is 8.78 Å². The topological polar surface area (TPSA) is 28.4 Å². The van der Waals surface area contributed by atoms with Gasteiger partial charge in [-0.1, -0.05) is 6.07 Å². The molecule has 106 valence electrons. The minimum Gasteiger partial charge on any atom is -0.467 e. The second kappa shape index (κ2) is 5.73. The van der Waals surface area contributed by atoms with Crippen molar-refractivity contribution in [3.8, 4) is 0 Å². The maximum atomic E-state index is 14.1. The van der Waals surface area contributed by atoms with E-state index < -0.39 is 11.6 Å². The third-order valence-electron chi connectivity index (χ3n) is 3.59. The molecule has 0 aliphatic carbocycles. The first-order valence-electron chi connectivity index (χ1n) is 6.69. The fraction of sp³-hybridized carbons (Fsp3) is 0.333. The van der Waals surface area contributed by atoms with E-state index in [1.54, 1.807) is 12.3 Å². The van der Waals surface area contributed by atoms with Crippen LogP contribution >= 0.6 is 0 Å². The third-order valence-corrected chi connectivity index (χ3v) is 3.59. The van der Waals surface area contributed by atoms with Crippen LogP contribution in [0.25, 0.3) is 0 Å². The third kappa shape index (κ3) is 2.59.